The summed E-state index contributed by atoms with van der Waals surface area (Å²) in [6.45, 7) is 0. The molecule has 0 radical (unpaired) electrons. The van der Waals surface area contributed by atoms with Gasteiger partial charge in [-0.15, -0.1) is 11.8 Å². The van der Waals surface area contributed by atoms with Crippen molar-refractivity contribution in [2.24, 2.45) is 5.73 Å². The molecule has 0 aromatic heterocycles. The predicted octanol–water partition coefficient (Wildman–Crippen LogP) is 4.89. The summed E-state index contributed by atoms with van der Waals surface area (Å²) in [5.41, 5.74) is 7.17. The van der Waals surface area contributed by atoms with Crippen LogP contribution in [0.5, 0.6) is 0 Å². The molecule has 0 fully saturated rings. The minimum Gasteiger partial charge on any atom is -0.323 e. The van der Waals surface area contributed by atoms with Gasteiger partial charge in [0.25, 0.3) is 0 Å². The lowest BCUT2D eigenvalue weighted by atomic mass is 10.1. The van der Waals surface area contributed by atoms with E-state index >= 15 is 0 Å². The summed E-state index contributed by atoms with van der Waals surface area (Å²) in [5, 5.41) is 0.734. The van der Waals surface area contributed by atoms with Crippen molar-refractivity contribution >= 4 is 39.3 Å². The van der Waals surface area contributed by atoms with Crippen molar-refractivity contribution in [1.29, 1.82) is 0 Å². The van der Waals surface area contributed by atoms with Gasteiger partial charge in [-0.05, 0) is 39.7 Å². The zero-order valence-electron chi connectivity index (χ0n) is 9.64. The van der Waals surface area contributed by atoms with Crippen molar-refractivity contribution in [2.75, 3.05) is 5.75 Å². The standard InChI is InChI=1S/C14H13BrClNS/c15-11-6-2-4-8-14(11)18-9-13(17)10-5-1-3-7-12(10)16/h1-8,13H,9,17H2. The van der Waals surface area contributed by atoms with E-state index in [1.807, 2.05) is 42.5 Å². The molecule has 4 heteroatoms. The highest BCUT2D eigenvalue weighted by molar-refractivity contribution is 9.10. The number of hydrogen-bond donors (Lipinski definition) is 1. The van der Waals surface area contributed by atoms with Gasteiger partial charge < -0.3 is 5.73 Å². The highest BCUT2D eigenvalue weighted by Crippen LogP contribution is 2.31. The Labute approximate surface area is 125 Å². The third-order valence-corrected chi connectivity index (χ3v) is 5.05. The molecule has 1 unspecified atom stereocenters. The quantitative estimate of drug-likeness (QED) is 0.800. The molecular formula is C14H13BrClNS. The Hall–Kier alpha value is -0.480. The predicted molar refractivity (Wildman–Crippen MR) is 83.2 cm³/mol. The van der Waals surface area contributed by atoms with Crippen LogP contribution in [-0.2, 0) is 0 Å². The van der Waals surface area contributed by atoms with Gasteiger partial charge in [-0.1, -0.05) is 41.9 Å². The van der Waals surface area contributed by atoms with Crippen molar-refractivity contribution in [3.8, 4) is 0 Å². The number of thioether (sulfide) groups is 1. The zero-order chi connectivity index (χ0) is 13.0. The Bertz CT molecular complexity index is 533. The maximum atomic E-state index is 6.17. The lowest BCUT2D eigenvalue weighted by molar-refractivity contribution is 0.831. The third-order valence-electron chi connectivity index (χ3n) is 2.56. The second kappa shape index (κ2) is 6.62. The monoisotopic (exact) mass is 341 g/mol. The Kier molecular flexibility index (Phi) is 5.13. The molecule has 2 aromatic carbocycles. The fraction of sp³-hybridized carbons (Fsp3) is 0.143. The number of nitrogens with two attached hydrogens (primary N) is 1. The number of halogens is 2. The highest BCUT2D eigenvalue weighted by Gasteiger charge is 2.10. The summed E-state index contributed by atoms with van der Waals surface area (Å²) in [4.78, 5) is 1.19. The minimum atomic E-state index is -0.0594. The Morgan fingerprint density at radius 1 is 1.11 bits per heavy atom. The second-order valence-corrected chi connectivity index (χ2v) is 6.19. The van der Waals surface area contributed by atoms with E-state index in [1.54, 1.807) is 11.8 Å². The van der Waals surface area contributed by atoms with Crippen molar-refractivity contribution < 1.29 is 0 Å². The van der Waals surface area contributed by atoms with Crippen LogP contribution in [0, 0.1) is 0 Å². The van der Waals surface area contributed by atoms with Crippen LogP contribution < -0.4 is 5.73 Å². The molecule has 1 atom stereocenters. The first-order valence-corrected chi connectivity index (χ1v) is 7.71. The van der Waals surface area contributed by atoms with Gasteiger partial charge in [0.1, 0.15) is 0 Å². The van der Waals surface area contributed by atoms with E-state index in [9.17, 15) is 0 Å². The molecule has 1 nitrogen and oxygen atoms in total. The fourth-order valence-corrected chi connectivity index (χ4v) is 3.43. The average Bonchev–Trinajstić information content (AvgIpc) is 2.38. The van der Waals surface area contributed by atoms with Gasteiger partial charge >= 0.3 is 0 Å². The lowest BCUT2D eigenvalue weighted by Crippen LogP contribution is -2.13. The molecule has 0 spiro atoms. The third kappa shape index (κ3) is 3.51. The first kappa shape index (κ1) is 13.9. The molecular weight excluding hydrogens is 330 g/mol. The van der Waals surface area contributed by atoms with Crippen molar-refractivity contribution in [1.82, 2.24) is 0 Å². The molecule has 0 aliphatic heterocycles. The van der Waals surface area contributed by atoms with E-state index in [1.165, 1.54) is 4.90 Å². The molecule has 0 saturated heterocycles. The van der Waals surface area contributed by atoms with Gasteiger partial charge in [0.15, 0.2) is 0 Å². The van der Waals surface area contributed by atoms with Crippen molar-refractivity contribution in [3.63, 3.8) is 0 Å². The lowest BCUT2D eigenvalue weighted by Gasteiger charge is -2.13. The van der Waals surface area contributed by atoms with Crippen LogP contribution >= 0.6 is 39.3 Å². The largest absolute Gasteiger partial charge is 0.323 e. The fourth-order valence-electron chi connectivity index (χ4n) is 1.61. The van der Waals surface area contributed by atoms with Gasteiger partial charge in [-0.25, -0.2) is 0 Å². The van der Waals surface area contributed by atoms with Crippen LogP contribution in [0.1, 0.15) is 11.6 Å². The molecule has 2 aromatic rings. The summed E-state index contributed by atoms with van der Waals surface area (Å²) in [7, 11) is 0. The molecule has 18 heavy (non-hydrogen) atoms. The summed E-state index contributed by atoms with van der Waals surface area (Å²) >= 11 is 11.4. The minimum absolute atomic E-state index is 0.0594. The van der Waals surface area contributed by atoms with E-state index in [2.05, 4.69) is 22.0 Å². The summed E-state index contributed by atoms with van der Waals surface area (Å²) in [5.74, 6) is 0.798. The van der Waals surface area contributed by atoms with Gasteiger partial charge in [-0.2, -0.15) is 0 Å². The molecule has 0 bridgehead atoms. The van der Waals surface area contributed by atoms with E-state index in [-0.39, 0.29) is 6.04 Å². The van der Waals surface area contributed by atoms with Crippen LogP contribution in [0.15, 0.2) is 57.9 Å². The van der Waals surface area contributed by atoms with Crippen LogP contribution in [0.2, 0.25) is 5.02 Å². The molecule has 94 valence electrons. The summed E-state index contributed by atoms with van der Waals surface area (Å²) in [6, 6.07) is 15.8. The molecule has 0 saturated carbocycles. The Balaban J connectivity index is 2.03. The van der Waals surface area contributed by atoms with Gasteiger partial charge in [0.05, 0.1) is 0 Å². The summed E-state index contributed by atoms with van der Waals surface area (Å²) in [6.07, 6.45) is 0. The zero-order valence-corrected chi connectivity index (χ0v) is 12.8. The molecule has 0 aliphatic rings. The van der Waals surface area contributed by atoms with Gasteiger partial charge in [-0.3, -0.25) is 0 Å². The highest BCUT2D eigenvalue weighted by atomic mass is 79.9. The van der Waals surface area contributed by atoms with Gasteiger partial charge in [0.2, 0.25) is 0 Å². The van der Waals surface area contributed by atoms with E-state index in [0.717, 1.165) is 20.8 Å². The molecule has 2 rings (SSSR count). The maximum absolute atomic E-state index is 6.17. The summed E-state index contributed by atoms with van der Waals surface area (Å²) < 4.78 is 1.10. The normalized spacial score (nSPS) is 12.4. The number of benzene rings is 2. The molecule has 0 amide bonds. The number of rotatable bonds is 4. The SMILES string of the molecule is NC(CSc1ccccc1Br)c1ccccc1Cl. The molecule has 0 aliphatic carbocycles. The molecule has 2 N–H and O–H groups in total. The van der Waals surface area contributed by atoms with E-state index in [0.29, 0.717) is 0 Å². The maximum Gasteiger partial charge on any atom is 0.0454 e. The topological polar surface area (TPSA) is 26.0 Å². The van der Waals surface area contributed by atoms with E-state index in [4.69, 9.17) is 17.3 Å². The smallest absolute Gasteiger partial charge is 0.0454 e. The average molecular weight is 343 g/mol. The Morgan fingerprint density at radius 2 is 1.78 bits per heavy atom. The molecule has 0 heterocycles. The number of hydrogen-bond acceptors (Lipinski definition) is 2. The van der Waals surface area contributed by atoms with Gasteiger partial charge in [0, 0.05) is 26.2 Å². The van der Waals surface area contributed by atoms with Crippen LogP contribution in [0.4, 0.5) is 0 Å². The van der Waals surface area contributed by atoms with Crippen LogP contribution in [0.3, 0.4) is 0 Å². The first-order chi connectivity index (χ1) is 8.68. The second-order valence-electron chi connectivity index (χ2n) is 3.87. The first-order valence-electron chi connectivity index (χ1n) is 5.56. The van der Waals surface area contributed by atoms with Crippen LogP contribution in [0.25, 0.3) is 0 Å². The van der Waals surface area contributed by atoms with E-state index < -0.39 is 0 Å². The van der Waals surface area contributed by atoms with Crippen molar-refractivity contribution in [3.05, 3.63) is 63.6 Å². The Morgan fingerprint density at radius 3 is 2.50 bits per heavy atom. The van der Waals surface area contributed by atoms with Crippen LogP contribution in [-0.4, -0.2) is 5.75 Å². The van der Waals surface area contributed by atoms with Crippen molar-refractivity contribution in [2.45, 2.75) is 10.9 Å².